The SMILES string of the molecule is COc1ccccc1N1CCN(C(C(N)=O)C2(C(=O)OCc3ccccc3)CCCCC2)CC1. The van der Waals surface area contributed by atoms with Gasteiger partial charge in [0.15, 0.2) is 0 Å². The molecule has 0 radical (unpaired) electrons. The molecule has 7 nitrogen and oxygen atoms in total. The van der Waals surface area contributed by atoms with Crippen LogP contribution in [0.2, 0.25) is 0 Å². The van der Waals surface area contributed by atoms with Crippen molar-refractivity contribution in [1.29, 1.82) is 0 Å². The van der Waals surface area contributed by atoms with E-state index in [1.807, 2.05) is 54.6 Å². The second-order valence-electron chi connectivity index (χ2n) is 9.28. The second kappa shape index (κ2) is 10.9. The van der Waals surface area contributed by atoms with Gasteiger partial charge in [-0.25, -0.2) is 0 Å². The summed E-state index contributed by atoms with van der Waals surface area (Å²) in [6.45, 7) is 2.92. The normalized spacial score (nSPS) is 19.3. The minimum Gasteiger partial charge on any atom is -0.495 e. The zero-order valence-corrected chi connectivity index (χ0v) is 19.9. The van der Waals surface area contributed by atoms with Crippen LogP contribution in [0.25, 0.3) is 0 Å². The highest BCUT2D eigenvalue weighted by atomic mass is 16.5. The fourth-order valence-corrected chi connectivity index (χ4v) is 5.55. The van der Waals surface area contributed by atoms with Crippen molar-refractivity contribution in [2.45, 2.75) is 44.8 Å². The van der Waals surface area contributed by atoms with Gasteiger partial charge < -0.3 is 20.1 Å². The van der Waals surface area contributed by atoms with Crippen molar-refractivity contribution in [3.8, 4) is 5.75 Å². The van der Waals surface area contributed by atoms with Gasteiger partial charge in [0, 0.05) is 26.2 Å². The number of anilines is 1. The van der Waals surface area contributed by atoms with E-state index in [4.69, 9.17) is 15.2 Å². The molecule has 1 atom stereocenters. The van der Waals surface area contributed by atoms with Gasteiger partial charge in [-0.3, -0.25) is 14.5 Å². The maximum atomic E-state index is 13.6. The van der Waals surface area contributed by atoms with Crippen LogP contribution < -0.4 is 15.4 Å². The molecule has 4 rings (SSSR count). The summed E-state index contributed by atoms with van der Waals surface area (Å²) in [5.74, 6) is 0.0898. The van der Waals surface area contributed by atoms with Crippen LogP contribution in [0, 0.1) is 5.41 Å². The van der Waals surface area contributed by atoms with Crippen LogP contribution in [-0.2, 0) is 20.9 Å². The van der Waals surface area contributed by atoms with Crippen LogP contribution in [0.1, 0.15) is 37.7 Å². The van der Waals surface area contributed by atoms with E-state index in [-0.39, 0.29) is 12.6 Å². The molecule has 2 aliphatic rings. The zero-order valence-electron chi connectivity index (χ0n) is 19.9. The summed E-state index contributed by atoms with van der Waals surface area (Å²) in [7, 11) is 1.67. The standard InChI is InChI=1S/C27H35N3O4/c1-33-23-13-7-6-12-22(23)29-16-18-30(19-17-29)24(25(28)31)27(14-8-3-9-15-27)26(32)34-20-21-10-4-2-5-11-21/h2,4-7,10-13,24H,3,8-9,14-20H2,1H3,(H2,28,31). The Labute approximate surface area is 201 Å². The molecule has 1 aliphatic heterocycles. The molecular formula is C27H35N3O4. The molecule has 1 unspecified atom stereocenters. The molecule has 34 heavy (non-hydrogen) atoms. The number of nitrogens with zero attached hydrogens (tertiary/aromatic N) is 2. The van der Waals surface area contributed by atoms with Crippen LogP contribution in [0.15, 0.2) is 54.6 Å². The highest BCUT2D eigenvalue weighted by molar-refractivity contribution is 5.90. The van der Waals surface area contributed by atoms with E-state index in [9.17, 15) is 9.59 Å². The van der Waals surface area contributed by atoms with E-state index in [1.165, 1.54) is 0 Å². The molecule has 1 saturated heterocycles. The molecule has 2 fully saturated rings. The van der Waals surface area contributed by atoms with Gasteiger partial charge in [0.25, 0.3) is 0 Å². The summed E-state index contributed by atoms with van der Waals surface area (Å²) in [4.78, 5) is 30.8. The van der Waals surface area contributed by atoms with Gasteiger partial charge >= 0.3 is 5.97 Å². The molecule has 2 aromatic carbocycles. The van der Waals surface area contributed by atoms with Crippen LogP contribution in [0.4, 0.5) is 5.69 Å². The van der Waals surface area contributed by atoms with E-state index in [0.29, 0.717) is 25.9 Å². The van der Waals surface area contributed by atoms with E-state index < -0.39 is 17.4 Å². The number of hydrogen-bond donors (Lipinski definition) is 1. The number of hydrogen-bond acceptors (Lipinski definition) is 6. The molecule has 1 amide bonds. The third kappa shape index (κ3) is 5.04. The largest absolute Gasteiger partial charge is 0.495 e. The van der Waals surface area contributed by atoms with E-state index in [1.54, 1.807) is 7.11 Å². The highest BCUT2D eigenvalue weighted by Crippen LogP contribution is 2.43. The Kier molecular flexibility index (Phi) is 7.73. The number of carbonyl (C=O) groups excluding carboxylic acids is 2. The molecule has 1 heterocycles. The number of piperazine rings is 1. The summed E-state index contributed by atoms with van der Waals surface area (Å²) in [6.07, 6.45) is 4.10. The number of primary amides is 1. The monoisotopic (exact) mass is 465 g/mol. The van der Waals surface area contributed by atoms with E-state index >= 15 is 0 Å². The first kappa shape index (κ1) is 24.1. The third-order valence-electron chi connectivity index (χ3n) is 7.26. The lowest BCUT2D eigenvalue weighted by molar-refractivity contribution is -0.168. The van der Waals surface area contributed by atoms with Crippen molar-refractivity contribution >= 4 is 17.6 Å². The quantitative estimate of drug-likeness (QED) is 0.602. The second-order valence-corrected chi connectivity index (χ2v) is 9.28. The third-order valence-corrected chi connectivity index (χ3v) is 7.26. The molecule has 7 heteroatoms. The first-order valence-corrected chi connectivity index (χ1v) is 12.2. The molecule has 1 saturated carbocycles. The number of carbonyl (C=O) groups is 2. The lowest BCUT2D eigenvalue weighted by atomic mass is 9.68. The zero-order chi connectivity index (χ0) is 24.0. The Morgan fingerprint density at radius 1 is 0.941 bits per heavy atom. The average Bonchev–Trinajstić information content (AvgIpc) is 2.88. The first-order chi connectivity index (χ1) is 16.5. The molecule has 0 spiro atoms. The van der Waals surface area contributed by atoms with Gasteiger partial charge in [-0.05, 0) is 30.5 Å². The number of amides is 1. The van der Waals surface area contributed by atoms with Gasteiger partial charge in [0.1, 0.15) is 18.4 Å². The number of benzene rings is 2. The van der Waals surface area contributed by atoms with Gasteiger partial charge in [0.05, 0.1) is 18.2 Å². The Bertz CT molecular complexity index is 967. The summed E-state index contributed by atoms with van der Waals surface area (Å²) >= 11 is 0. The predicted molar refractivity (Wildman–Crippen MR) is 132 cm³/mol. The minimum absolute atomic E-state index is 0.203. The van der Waals surface area contributed by atoms with Gasteiger partial charge in [0.2, 0.25) is 5.91 Å². The lowest BCUT2D eigenvalue weighted by Crippen LogP contribution is -2.63. The van der Waals surface area contributed by atoms with Crippen molar-refractivity contribution < 1.29 is 19.1 Å². The van der Waals surface area contributed by atoms with Crippen molar-refractivity contribution in [2.24, 2.45) is 11.1 Å². The minimum atomic E-state index is -0.897. The number of methoxy groups -OCH3 is 1. The molecular weight excluding hydrogens is 430 g/mol. The maximum Gasteiger partial charge on any atom is 0.314 e. The molecule has 2 N–H and O–H groups in total. The fourth-order valence-electron chi connectivity index (χ4n) is 5.55. The van der Waals surface area contributed by atoms with Gasteiger partial charge in [-0.15, -0.1) is 0 Å². The average molecular weight is 466 g/mol. The highest BCUT2D eigenvalue weighted by Gasteiger charge is 2.53. The first-order valence-electron chi connectivity index (χ1n) is 12.2. The van der Waals surface area contributed by atoms with Crippen molar-refractivity contribution in [3.05, 3.63) is 60.2 Å². The summed E-state index contributed by atoms with van der Waals surface area (Å²) < 4.78 is 11.3. The number of rotatable bonds is 8. The molecule has 0 aromatic heterocycles. The molecule has 0 bridgehead atoms. The number of nitrogens with two attached hydrogens (primary N) is 1. The summed E-state index contributed by atoms with van der Waals surface area (Å²) in [5, 5.41) is 0. The van der Waals surface area contributed by atoms with Crippen LogP contribution in [0.5, 0.6) is 5.75 Å². The van der Waals surface area contributed by atoms with E-state index in [0.717, 1.165) is 49.4 Å². The Hall–Kier alpha value is -3.06. The van der Waals surface area contributed by atoms with Crippen LogP contribution >= 0.6 is 0 Å². The van der Waals surface area contributed by atoms with Crippen LogP contribution in [-0.4, -0.2) is 56.1 Å². The van der Waals surface area contributed by atoms with Crippen LogP contribution in [0.3, 0.4) is 0 Å². The molecule has 182 valence electrons. The topological polar surface area (TPSA) is 85.1 Å². The summed E-state index contributed by atoms with van der Waals surface area (Å²) in [5.41, 5.74) is 7.07. The fraction of sp³-hybridized carbons (Fsp3) is 0.481. The lowest BCUT2D eigenvalue weighted by Gasteiger charge is -2.47. The Morgan fingerprint density at radius 2 is 1.59 bits per heavy atom. The van der Waals surface area contributed by atoms with Gasteiger partial charge in [-0.1, -0.05) is 61.7 Å². The smallest absolute Gasteiger partial charge is 0.314 e. The van der Waals surface area contributed by atoms with Crippen molar-refractivity contribution in [1.82, 2.24) is 4.90 Å². The molecule has 1 aliphatic carbocycles. The predicted octanol–water partition coefficient (Wildman–Crippen LogP) is 3.37. The number of esters is 1. The molecule has 2 aromatic rings. The summed E-state index contributed by atoms with van der Waals surface area (Å²) in [6, 6.07) is 16.9. The van der Waals surface area contributed by atoms with Gasteiger partial charge in [-0.2, -0.15) is 0 Å². The van der Waals surface area contributed by atoms with E-state index in [2.05, 4.69) is 9.80 Å². The van der Waals surface area contributed by atoms with Crippen molar-refractivity contribution in [3.63, 3.8) is 0 Å². The number of ether oxygens (including phenoxy) is 2. The van der Waals surface area contributed by atoms with Crippen molar-refractivity contribution in [2.75, 3.05) is 38.2 Å². The number of para-hydroxylation sites is 2. The maximum absolute atomic E-state index is 13.6. The Morgan fingerprint density at radius 3 is 2.24 bits per heavy atom. The Balaban J connectivity index is 1.51.